The van der Waals surface area contributed by atoms with Crippen LogP contribution < -0.4 is 0 Å². The van der Waals surface area contributed by atoms with Crippen LogP contribution in [0.3, 0.4) is 0 Å². The number of hydrogen-bond donors (Lipinski definition) is 2. The molecular weight excluding hydrogens is 260 g/mol. The van der Waals surface area contributed by atoms with Crippen molar-refractivity contribution in [3.05, 3.63) is 24.5 Å². The van der Waals surface area contributed by atoms with Gasteiger partial charge in [-0.1, -0.05) is 0 Å². The third-order valence-corrected chi connectivity index (χ3v) is 2.84. The molecule has 0 fully saturated rings. The van der Waals surface area contributed by atoms with E-state index in [1.165, 1.54) is 4.90 Å². The van der Waals surface area contributed by atoms with Crippen molar-refractivity contribution < 1.29 is 23.2 Å². The first-order chi connectivity index (χ1) is 7.06. The molecule has 1 aromatic heterocycles. The van der Waals surface area contributed by atoms with E-state index in [1.54, 1.807) is 18.0 Å². The van der Waals surface area contributed by atoms with Gasteiger partial charge in [0.05, 0.1) is 0 Å². The molecule has 1 aromatic rings. The molecule has 1 rings (SSSR count). The van der Waals surface area contributed by atoms with Gasteiger partial charge >= 0.3 is 16.5 Å². The molecule has 0 aromatic carbocycles. The van der Waals surface area contributed by atoms with E-state index in [-0.39, 0.29) is 0 Å². The van der Waals surface area contributed by atoms with Gasteiger partial charge in [0.15, 0.2) is 4.31 Å². The van der Waals surface area contributed by atoms with Crippen molar-refractivity contribution in [3.63, 3.8) is 0 Å². The van der Waals surface area contributed by atoms with Crippen molar-refractivity contribution in [3.8, 4) is 0 Å². The van der Waals surface area contributed by atoms with Crippen molar-refractivity contribution in [1.82, 2.24) is 4.98 Å². The highest BCUT2D eigenvalue weighted by Gasteiger charge is 2.31. The Kier molecular flexibility index (Phi) is 8.61. The molecule has 0 aliphatic rings. The van der Waals surface area contributed by atoms with Crippen LogP contribution in [0.1, 0.15) is 0 Å². The number of thioether (sulfide) groups is 1. The molecule has 15 heavy (non-hydrogen) atoms. The average molecular weight is 269 g/mol. The van der Waals surface area contributed by atoms with Crippen molar-refractivity contribution in [1.29, 1.82) is 0 Å². The first-order valence-corrected chi connectivity index (χ1v) is 6.99. The number of rotatable bonds is 3. The third-order valence-electron chi connectivity index (χ3n) is 1.01. The molecule has 9 heteroatoms. The molecule has 0 saturated heterocycles. The predicted molar refractivity (Wildman–Crippen MR) is 56.8 cm³/mol. The molecule has 0 spiro atoms. The Balaban J connectivity index is 0.000000265. The lowest BCUT2D eigenvalue weighted by atomic mass is 10.5. The van der Waals surface area contributed by atoms with Crippen LogP contribution >= 0.6 is 28.3 Å². The summed E-state index contributed by atoms with van der Waals surface area (Å²) in [5.41, 5.74) is 0. The van der Waals surface area contributed by atoms with Crippen LogP contribution in [0, 0.1) is 0 Å². The van der Waals surface area contributed by atoms with E-state index in [4.69, 9.17) is 9.79 Å². The van der Waals surface area contributed by atoms with Crippen molar-refractivity contribution in [2.75, 3.05) is 6.26 Å². The first-order valence-electron chi connectivity index (χ1n) is 3.50. The smallest absolute Gasteiger partial charge is 0.264 e. The topological polar surface area (TPSA) is 96.7 Å². The molecule has 2 N–H and O–H groups in total. The van der Waals surface area contributed by atoms with Gasteiger partial charge in [0, 0.05) is 26.4 Å². The van der Waals surface area contributed by atoms with E-state index in [0.29, 0.717) is 0 Å². The van der Waals surface area contributed by atoms with Crippen LogP contribution in [0.15, 0.2) is 29.4 Å². The number of pyridine rings is 1. The van der Waals surface area contributed by atoms with Gasteiger partial charge in [0.1, 0.15) is 0 Å². The maximum absolute atomic E-state index is 9.39. The molecule has 0 aliphatic carbocycles. The summed E-state index contributed by atoms with van der Waals surface area (Å²) < 4.78 is 22.2. The number of aromatic nitrogens is 1. The fourth-order valence-electron chi connectivity index (χ4n) is 0.528. The maximum Gasteiger partial charge on any atom is 0.745 e. The second-order valence-corrected chi connectivity index (χ2v) is 4.43. The van der Waals surface area contributed by atoms with Crippen LogP contribution in [-0.4, -0.2) is 21.0 Å². The van der Waals surface area contributed by atoms with Crippen LogP contribution in [0.2, 0.25) is 0 Å². The molecule has 0 aliphatic heterocycles. The van der Waals surface area contributed by atoms with E-state index < -0.39 is 16.5 Å². The molecule has 0 amide bonds. The van der Waals surface area contributed by atoms with E-state index >= 15 is 0 Å². The van der Waals surface area contributed by atoms with Gasteiger partial charge in [0.2, 0.25) is 0 Å². The van der Waals surface area contributed by atoms with Crippen LogP contribution in [0.5, 0.6) is 0 Å². The highest BCUT2D eigenvalue weighted by molar-refractivity contribution is 7.98. The second-order valence-electron chi connectivity index (χ2n) is 1.95. The molecule has 1 heterocycles. The van der Waals surface area contributed by atoms with Crippen LogP contribution in [0.4, 0.5) is 0 Å². The summed E-state index contributed by atoms with van der Waals surface area (Å²) >= 11 is 1.71. The average Bonchev–Trinajstić information content (AvgIpc) is 2.18. The monoisotopic (exact) mass is 269 g/mol. The maximum atomic E-state index is 9.39. The quantitative estimate of drug-likeness (QED) is 0.640. The van der Waals surface area contributed by atoms with Crippen LogP contribution in [-0.2, 0) is 13.4 Å². The predicted octanol–water partition coefficient (Wildman–Crippen LogP) is 2.11. The third kappa shape index (κ3) is 9.87. The minimum atomic E-state index is -2.92. The molecule has 2 unspecified atom stereocenters. The zero-order chi connectivity index (χ0) is 11.7. The SMILES string of the molecule is CSc1cccnc1.O=[P+](O)O[P+](=O)O. The Morgan fingerprint density at radius 3 is 2.20 bits per heavy atom. The molecular formula is C6H9NO5P2S+2. The zero-order valence-electron chi connectivity index (χ0n) is 7.68. The molecule has 6 nitrogen and oxygen atoms in total. The summed E-state index contributed by atoms with van der Waals surface area (Å²) in [7, 11) is -5.85. The fraction of sp³-hybridized carbons (Fsp3) is 0.167. The van der Waals surface area contributed by atoms with E-state index in [1.807, 2.05) is 24.6 Å². The van der Waals surface area contributed by atoms with Gasteiger partial charge in [-0.2, -0.15) is 0 Å². The fourth-order valence-corrected chi connectivity index (χ4v) is 1.39. The summed E-state index contributed by atoms with van der Waals surface area (Å²) in [5.74, 6) is 0. The lowest BCUT2D eigenvalue weighted by molar-refractivity contribution is 0.371. The van der Waals surface area contributed by atoms with Crippen LogP contribution in [0.25, 0.3) is 0 Å². The zero-order valence-corrected chi connectivity index (χ0v) is 10.3. The molecule has 82 valence electrons. The Hall–Kier alpha value is -0.420. The van der Waals surface area contributed by atoms with Gasteiger partial charge < -0.3 is 0 Å². The molecule has 0 saturated carbocycles. The largest absolute Gasteiger partial charge is 0.745 e. The Labute approximate surface area is 92.6 Å². The normalized spacial score (nSPS) is 11.1. The lowest BCUT2D eigenvalue weighted by Crippen LogP contribution is -1.69. The minimum absolute atomic E-state index is 1.22. The number of nitrogens with zero attached hydrogens (tertiary/aromatic N) is 1. The summed E-state index contributed by atoms with van der Waals surface area (Å²) in [5, 5.41) is 0. The Morgan fingerprint density at radius 2 is 2.00 bits per heavy atom. The van der Waals surface area contributed by atoms with Gasteiger partial charge in [-0.05, 0) is 18.4 Å². The molecule has 0 bridgehead atoms. The highest BCUT2D eigenvalue weighted by Crippen LogP contribution is 2.30. The van der Waals surface area contributed by atoms with E-state index in [2.05, 4.69) is 9.29 Å². The standard InChI is InChI=1S/C6H7NS.O5P2/c1-8-6-3-2-4-7-5-6;1-6(2)5-7(3)4/h2-5H,1H3;/p+2. The second kappa shape index (κ2) is 8.85. The van der Waals surface area contributed by atoms with Crippen molar-refractivity contribution in [2.24, 2.45) is 0 Å². The van der Waals surface area contributed by atoms with Gasteiger partial charge in [0.25, 0.3) is 0 Å². The Morgan fingerprint density at radius 1 is 1.40 bits per heavy atom. The van der Waals surface area contributed by atoms with Crippen molar-refractivity contribution in [2.45, 2.75) is 4.90 Å². The van der Waals surface area contributed by atoms with Gasteiger partial charge in [-0.25, -0.2) is 0 Å². The van der Waals surface area contributed by atoms with E-state index in [9.17, 15) is 9.13 Å². The van der Waals surface area contributed by atoms with Crippen molar-refractivity contribution >= 4 is 28.3 Å². The number of hydrogen-bond acceptors (Lipinski definition) is 5. The lowest BCUT2D eigenvalue weighted by Gasteiger charge is -1.88. The summed E-state index contributed by atoms with van der Waals surface area (Å²) in [4.78, 5) is 20.5. The van der Waals surface area contributed by atoms with Gasteiger partial charge in [-0.15, -0.1) is 21.5 Å². The summed E-state index contributed by atoms with van der Waals surface area (Å²) in [6.45, 7) is 0. The highest BCUT2D eigenvalue weighted by atomic mass is 32.2. The van der Waals surface area contributed by atoms with Gasteiger partial charge in [-0.3, -0.25) is 4.98 Å². The molecule has 2 atom stereocenters. The minimum Gasteiger partial charge on any atom is -0.264 e. The first kappa shape index (κ1) is 14.6. The summed E-state index contributed by atoms with van der Waals surface area (Å²) in [6.07, 6.45) is 5.67. The Bertz CT molecular complexity index is 311. The molecule has 0 radical (unpaired) electrons. The summed E-state index contributed by atoms with van der Waals surface area (Å²) in [6, 6.07) is 3.98. The van der Waals surface area contributed by atoms with E-state index in [0.717, 1.165) is 0 Å².